The largest absolute Gasteiger partial charge is 0.349 e. The molecule has 0 unspecified atom stereocenters. The first kappa shape index (κ1) is 10.2. The lowest BCUT2D eigenvalue weighted by Crippen LogP contribution is -2.42. The molecule has 1 aromatic rings. The SMILES string of the molecule is Cc1[nH]ncc1C(=O)NC1CCNCC1. The van der Waals surface area contributed by atoms with E-state index < -0.39 is 0 Å². The van der Waals surface area contributed by atoms with Crippen LogP contribution in [0.15, 0.2) is 6.20 Å². The molecule has 0 bridgehead atoms. The maximum Gasteiger partial charge on any atom is 0.254 e. The Morgan fingerprint density at radius 3 is 2.87 bits per heavy atom. The molecule has 0 atom stereocenters. The van der Waals surface area contributed by atoms with E-state index in [1.54, 1.807) is 6.20 Å². The van der Waals surface area contributed by atoms with E-state index in [-0.39, 0.29) is 5.91 Å². The van der Waals surface area contributed by atoms with Crippen LogP contribution in [0.2, 0.25) is 0 Å². The van der Waals surface area contributed by atoms with Gasteiger partial charge in [0.05, 0.1) is 11.8 Å². The molecule has 2 heterocycles. The highest BCUT2D eigenvalue weighted by molar-refractivity contribution is 5.95. The third-order valence-electron chi connectivity index (χ3n) is 2.75. The van der Waals surface area contributed by atoms with Crippen LogP contribution in [-0.2, 0) is 0 Å². The summed E-state index contributed by atoms with van der Waals surface area (Å²) in [6, 6.07) is 0.299. The maximum atomic E-state index is 11.8. The fourth-order valence-electron chi connectivity index (χ4n) is 1.81. The van der Waals surface area contributed by atoms with Crippen molar-refractivity contribution in [1.82, 2.24) is 20.8 Å². The summed E-state index contributed by atoms with van der Waals surface area (Å²) in [4.78, 5) is 11.8. The molecule has 2 rings (SSSR count). The molecule has 1 aromatic heterocycles. The van der Waals surface area contributed by atoms with Crippen LogP contribution < -0.4 is 10.6 Å². The summed E-state index contributed by atoms with van der Waals surface area (Å²) in [5.41, 5.74) is 1.47. The number of hydrogen-bond acceptors (Lipinski definition) is 3. The molecular formula is C10H16N4O. The molecule has 1 amide bonds. The minimum atomic E-state index is -0.0202. The lowest BCUT2D eigenvalue weighted by molar-refractivity contribution is 0.0929. The molecule has 1 saturated heterocycles. The number of aryl methyl sites for hydroxylation is 1. The molecule has 0 aliphatic carbocycles. The highest BCUT2D eigenvalue weighted by atomic mass is 16.1. The summed E-state index contributed by atoms with van der Waals surface area (Å²) in [6.45, 7) is 3.81. The molecule has 1 aliphatic rings. The first-order valence-corrected chi connectivity index (χ1v) is 5.29. The zero-order valence-corrected chi connectivity index (χ0v) is 8.84. The summed E-state index contributed by atoms with van der Waals surface area (Å²) in [7, 11) is 0. The molecule has 3 N–H and O–H groups in total. The fourth-order valence-corrected chi connectivity index (χ4v) is 1.81. The number of aromatic amines is 1. The Morgan fingerprint density at radius 1 is 1.53 bits per heavy atom. The van der Waals surface area contributed by atoms with Gasteiger partial charge < -0.3 is 10.6 Å². The average Bonchev–Trinajstić information content (AvgIpc) is 2.66. The van der Waals surface area contributed by atoms with Crippen molar-refractivity contribution < 1.29 is 4.79 Å². The minimum Gasteiger partial charge on any atom is -0.349 e. The van der Waals surface area contributed by atoms with Crippen molar-refractivity contribution >= 4 is 5.91 Å². The topological polar surface area (TPSA) is 69.8 Å². The van der Waals surface area contributed by atoms with E-state index in [0.29, 0.717) is 11.6 Å². The van der Waals surface area contributed by atoms with E-state index in [1.807, 2.05) is 6.92 Å². The van der Waals surface area contributed by atoms with Crippen molar-refractivity contribution in [2.75, 3.05) is 13.1 Å². The van der Waals surface area contributed by atoms with Crippen molar-refractivity contribution in [2.24, 2.45) is 0 Å². The lowest BCUT2D eigenvalue weighted by atomic mass is 10.1. The normalized spacial score (nSPS) is 17.7. The number of piperidine rings is 1. The molecular weight excluding hydrogens is 192 g/mol. The molecule has 1 aliphatic heterocycles. The molecule has 15 heavy (non-hydrogen) atoms. The van der Waals surface area contributed by atoms with E-state index in [2.05, 4.69) is 20.8 Å². The van der Waals surface area contributed by atoms with Crippen LogP contribution in [0.1, 0.15) is 28.9 Å². The highest BCUT2D eigenvalue weighted by Crippen LogP contribution is 2.06. The van der Waals surface area contributed by atoms with Crippen molar-refractivity contribution in [2.45, 2.75) is 25.8 Å². The molecule has 82 valence electrons. The van der Waals surface area contributed by atoms with Gasteiger partial charge in [0.1, 0.15) is 0 Å². The number of carbonyl (C=O) groups is 1. The Hall–Kier alpha value is -1.36. The summed E-state index contributed by atoms with van der Waals surface area (Å²) in [6.07, 6.45) is 3.58. The lowest BCUT2D eigenvalue weighted by Gasteiger charge is -2.23. The van der Waals surface area contributed by atoms with Gasteiger partial charge in [-0.3, -0.25) is 9.89 Å². The third-order valence-corrected chi connectivity index (χ3v) is 2.75. The van der Waals surface area contributed by atoms with Gasteiger partial charge in [-0.25, -0.2) is 0 Å². The first-order chi connectivity index (χ1) is 7.27. The summed E-state index contributed by atoms with van der Waals surface area (Å²) in [5, 5.41) is 12.9. The van der Waals surface area contributed by atoms with Gasteiger partial charge in [-0.2, -0.15) is 5.10 Å². The van der Waals surface area contributed by atoms with Gasteiger partial charge in [-0.1, -0.05) is 0 Å². The number of amides is 1. The first-order valence-electron chi connectivity index (χ1n) is 5.29. The van der Waals surface area contributed by atoms with E-state index in [4.69, 9.17) is 0 Å². The summed E-state index contributed by atoms with van der Waals surface area (Å²) in [5.74, 6) is -0.0202. The second-order valence-electron chi connectivity index (χ2n) is 3.91. The number of H-pyrrole nitrogens is 1. The van der Waals surface area contributed by atoms with Crippen molar-refractivity contribution in [3.05, 3.63) is 17.5 Å². The predicted molar refractivity (Wildman–Crippen MR) is 56.7 cm³/mol. The van der Waals surface area contributed by atoms with Crippen LogP contribution in [-0.4, -0.2) is 35.2 Å². The van der Waals surface area contributed by atoms with E-state index in [1.165, 1.54) is 0 Å². The van der Waals surface area contributed by atoms with Crippen LogP contribution in [0.3, 0.4) is 0 Å². The molecule has 0 radical (unpaired) electrons. The highest BCUT2D eigenvalue weighted by Gasteiger charge is 2.17. The van der Waals surface area contributed by atoms with Gasteiger partial charge in [0, 0.05) is 11.7 Å². The van der Waals surface area contributed by atoms with Crippen molar-refractivity contribution in [1.29, 1.82) is 0 Å². The Morgan fingerprint density at radius 2 is 2.27 bits per heavy atom. The Balaban J connectivity index is 1.94. The van der Waals surface area contributed by atoms with Gasteiger partial charge in [0.15, 0.2) is 0 Å². The third kappa shape index (κ3) is 2.36. The Bertz CT molecular complexity index is 341. The van der Waals surface area contributed by atoms with Crippen molar-refractivity contribution in [3.8, 4) is 0 Å². The predicted octanol–water partition coefficient (Wildman–Crippen LogP) is 0.200. The summed E-state index contributed by atoms with van der Waals surface area (Å²) >= 11 is 0. The second-order valence-corrected chi connectivity index (χ2v) is 3.91. The monoisotopic (exact) mass is 208 g/mol. The molecule has 5 heteroatoms. The molecule has 0 saturated carbocycles. The number of aromatic nitrogens is 2. The smallest absolute Gasteiger partial charge is 0.254 e. The molecule has 1 fully saturated rings. The quantitative estimate of drug-likeness (QED) is 0.650. The van der Waals surface area contributed by atoms with Gasteiger partial charge in [-0.05, 0) is 32.9 Å². The van der Waals surface area contributed by atoms with Gasteiger partial charge in [0.25, 0.3) is 5.91 Å². The van der Waals surface area contributed by atoms with Gasteiger partial charge in [-0.15, -0.1) is 0 Å². The van der Waals surface area contributed by atoms with Gasteiger partial charge in [0.2, 0.25) is 0 Å². The van der Waals surface area contributed by atoms with E-state index in [9.17, 15) is 4.79 Å². The summed E-state index contributed by atoms with van der Waals surface area (Å²) < 4.78 is 0. The maximum absolute atomic E-state index is 11.8. The zero-order valence-electron chi connectivity index (χ0n) is 8.84. The average molecular weight is 208 g/mol. The molecule has 5 nitrogen and oxygen atoms in total. The standard InChI is InChI=1S/C10H16N4O/c1-7-9(6-12-14-7)10(15)13-8-2-4-11-5-3-8/h6,8,11H,2-5H2,1H3,(H,12,14)(H,13,15). The molecule has 0 spiro atoms. The molecule has 0 aromatic carbocycles. The zero-order chi connectivity index (χ0) is 10.7. The van der Waals surface area contributed by atoms with Crippen LogP contribution in [0, 0.1) is 6.92 Å². The van der Waals surface area contributed by atoms with Gasteiger partial charge >= 0.3 is 0 Å². The van der Waals surface area contributed by atoms with E-state index >= 15 is 0 Å². The number of nitrogens with one attached hydrogen (secondary N) is 3. The van der Waals surface area contributed by atoms with Crippen LogP contribution in [0.4, 0.5) is 0 Å². The Kier molecular flexibility index (Phi) is 3.01. The fraction of sp³-hybridized carbons (Fsp3) is 0.600. The number of carbonyl (C=O) groups excluding carboxylic acids is 1. The minimum absolute atomic E-state index is 0.0202. The van der Waals surface area contributed by atoms with Crippen molar-refractivity contribution in [3.63, 3.8) is 0 Å². The Labute approximate surface area is 88.6 Å². The van der Waals surface area contributed by atoms with Crippen LogP contribution in [0.25, 0.3) is 0 Å². The van der Waals surface area contributed by atoms with Crippen LogP contribution >= 0.6 is 0 Å². The number of rotatable bonds is 2. The second kappa shape index (κ2) is 4.44. The van der Waals surface area contributed by atoms with E-state index in [0.717, 1.165) is 31.6 Å². The number of hydrogen-bond donors (Lipinski definition) is 3. The number of nitrogens with zero attached hydrogens (tertiary/aromatic N) is 1. The van der Waals surface area contributed by atoms with Crippen LogP contribution in [0.5, 0.6) is 0 Å².